The van der Waals surface area contributed by atoms with Gasteiger partial charge in [0.05, 0.1) is 17.6 Å². The lowest BCUT2D eigenvalue weighted by Gasteiger charge is -2.40. The molecular weight excluding hydrogens is 404 g/mol. The fourth-order valence-corrected chi connectivity index (χ4v) is 4.76. The van der Waals surface area contributed by atoms with Gasteiger partial charge in [0.15, 0.2) is 0 Å². The molecule has 1 saturated carbocycles. The first-order chi connectivity index (χ1) is 14.1. The quantitative estimate of drug-likeness (QED) is 0.739. The Kier molecular flexibility index (Phi) is 6.98. The Morgan fingerprint density at radius 2 is 1.97 bits per heavy atom. The molecule has 2 atom stereocenters. The average Bonchev–Trinajstić information content (AvgIpc) is 3.09. The summed E-state index contributed by atoms with van der Waals surface area (Å²) in [6, 6.07) is 7.08. The minimum atomic E-state index is -1.07. The van der Waals surface area contributed by atoms with E-state index in [2.05, 4.69) is 5.32 Å². The van der Waals surface area contributed by atoms with Crippen LogP contribution in [0.15, 0.2) is 24.3 Å². The van der Waals surface area contributed by atoms with Crippen LogP contribution in [0, 0.1) is 0 Å². The highest BCUT2D eigenvalue weighted by atomic mass is 35.5. The fourth-order valence-electron chi connectivity index (χ4n) is 4.56. The second-order valence-electron chi connectivity index (χ2n) is 9.57. The standard InChI is InChI=1S/C23H33ClN2O4/c1-22(2,3)30-21(28)25-18-10-13-26(15-18)20(27)19(16-8-7-9-17(24)14-16)23(29)11-5-4-6-12-23/h7-9,14,18-19,29H,4-6,10-13,15H2,1-3H3,(H,25,28). The number of amides is 2. The Morgan fingerprint density at radius 1 is 1.27 bits per heavy atom. The molecule has 2 N–H and O–H groups in total. The molecule has 0 bridgehead atoms. The van der Waals surface area contributed by atoms with Gasteiger partial charge in [-0.2, -0.15) is 0 Å². The molecule has 1 aromatic carbocycles. The topological polar surface area (TPSA) is 78.9 Å². The van der Waals surface area contributed by atoms with Crippen LogP contribution in [0.5, 0.6) is 0 Å². The largest absolute Gasteiger partial charge is 0.444 e. The smallest absolute Gasteiger partial charge is 0.407 e. The predicted molar refractivity (Wildman–Crippen MR) is 117 cm³/mol. The molecule has 6 nitrogen and oxygen atoms in total. The highest BCUT2D eigenvalue weighted by molar-refractivity contribution is 6.30. The number of ether oxygens (including phenoxy) is 1. The lowest BCUT2D eigenvalue weighted by molar-refractivity contribution is -0.140. The van der Waals surface area contributed by atoms with Crippen LogP contribution in [0.25, 0.3) is 0 Å². The van der Waals surface area contributed by atoms with Crippen molar-refractivity contribution in [2.45, 2.75) is 82.5 Å². The molecule has 2 fully saturated rings. The molecule has 2 aliphatic rings. The lowest BCUT2D eigenvalue weighted by atomic mass is 9.72. The minimum Gasteiger partial charge on any atom is -0.444 e. The number of halogens is 1. The van der Waals surface area contributed by atoms with Crippen molar-refractivity contribution in [2.75, 3.05) is 13.1 Å². The first kappa shape index (κ1) is 22.9. The predicted octanol–water partition coefficient (Wildman–Crippen LogP) is 4.24. The summed E-state index contributed by atoms with van der Waals surface area (Å²) >= 11 is 6.20. The molecule has 1 aliphatic carbocycles. The van der Waals surface area contributed by atoms with Gasteiger partial charge in [-0.1, -0.05) is 43.0 Å². The molecule has 7 heteroatoms. The van der Waals surface area contributed by atoms with Gasteiger partial charge in [0.25, 0.3) is 0 Å². The van der Waals surface area contributed by atoms with E-state index in [0.29, 0.717) is 37.4 Å². The molecule has 1 aliphatic heterocycles. The van der Waals surface area contributed by atoms with Crippen LogP contribution in [0.2, 0.25) is 5.02 Å². The first-order valence-corrected chi connectivity index (χ1v) is 11.2. The molecule has 1 saturated heterocycles. The van der Waals surface area contributed by atoms with Crippen molar-refractivity contribution in [1.29, 1.82) is 0 Å². The van der Waals surface area contributed by atoms with Gasteiger partial charge in [0, 0.05) is 18.1 Å². The highest BCUT2D eigenvalue weighted by Gasteiger charge is 2.45. The number of likely N-dealkylation sites (tertiary alicyclic amines) is 1. The number of nitrogens with zero attached hydrogens (tertiary/aromatic N) is 1. The van der Waals surface area contributed by atoms with Crippen LogP contribution in [0.1, 0.15) is 70.8 Å². The molecule has 1 heterocycles. The van der Waals surface area contributed by atoms with Crippen molar-refractivity contribution in [3.63, 3.8) is 0 Å². The van der Waals surface area contributed by atoms with E-state index in [-0.39, 0.29) is 11.9 Å². The number of hydrogen-bond donors (Lipinski definition) is 2. The molecule has 30 heavy (non-hydrogen) atoms. The van der Waals surface area contributed by atoms with Crippen molar-refractivity contribution in [1.82, 2.24) is 10.2 Å². The molecule has 0 aromatic heterocycles. The summed E-state index contributed by atoms with van der Waals surface area (Å²) in [7, 11) is 0. The second kappa shape index (κ2) is 9.15. The Balaban J connectivity index is 1.75. The normalized spacial score (nSPS) is 22.4. The first-order valence-electron chi connectivity index (χ1n) is 10.8. The Bertz CT molecular complexity index is 771. The van der Waals surface area contributed by atoms with Gasteiger partial charge >= 0.3 is 6.09 Å². The molecule has 0 spiro atoms. The molecule has 0 radical (unpaired) electrons. The average molecular weight is 437 g/mol. The number of aliphatic hydroxyl groups is 1. The summed E-state index contributed by atoms with van der Waals surface area (Å²) in [5, 5.41) is 14.9. The zero-order valence-electron chi connectivity index (χ0n) is 18.1. The van der Waals surface area contributed by atoms with Crippen LogP contribution < -0.4 is 5.32 Å². The van der Waals surface area contributed by atoms with Gasteiger partial charge in [-0.15, -0.1) is 0 Å². The Hall–Kier alpha value is -1.79. The van der Waals surface area contributed by atoms with Crippen molar-refractivity contribution >= 4 is 23.6 Å². The highest BCUT2D eigenvalue weighted by Crippen LogP contribution is 2.42. The molecular formula is C23H33ClN2O4. The second-order valence-corrected chi connectivity index (χ2v) is 10.0. The van der Waals surface area contributed by atoms with E-state index in [9.17, 15) is 14.7 Å². The summed E-state index contributed by atoms with van der Waals surface area (Å²) in [5.74, 6) is -0.757. The molecule has 1 aromatic rings. The van der Waals surface area contributed by atoms with E-state index < -0.39 is 23.2 Å². The number of nitrogens with one attached hydrogen (secondary N) is 1. The third-order valence-corrected chi connectivity index (χ3v) is 6.14. The van der Waals surface area contributed by atoms with Gasteiger partial charge in [-0.3, -0.25) is 4.79 Å². The van der Waals surface area contributed by atoms with Crippen LogP contribution >= 0.6 is 11.6 Å². The maximum absolute atomic E-state index is 13.6. The molecule has 3 rings (SSSR count). The number of alkyl carbamates (subject to hydrolysis) is 1. The van der Waals surface area contributed by atoms with E-state index in [0.717, 1.165) is 24.8 Å². The SMILES string of the molecule is CC(C)(C)OC(=O)NC1CCN(C(=O)C(c2cccc(Cl)c2)C2(O)CCCCC2)C1. The van der Waals surface area contributed by atoms with Crippen LogP contribution in [-0.2, 0) is 9.53 Å². The van der Waals surface area contributed by atoms with Crippen molar-refractivity contribution in [2.24, 2.45) is 0 Å². The third-order valence-electron chi connectivity index (χ3n) is 5.91. The molecule has 2 amide bonds. The van der Waals surface area contributed by atoms with Crippen LogP contribution in [0.3, 0.4) is 0 Å². The number of carbonyl (C=O) groups is 2. The Morgan fingerprint density at radius 3 is 2.60 bits per heavy atom. The van der Waals surface area contributed by atoms with Gasteiger partial charge in [0.2, 0.25) is 5.91 Å². The third kappa shape index (κ3) is 5.67. The molecule has 166 valence electrons. The van der Waals surface area contributed by atoms with E-state index in [1.807, 2.05) is 32.9 Å². The summed E-state index contributed by atoms with van der Waals surface area (Å²) in [6.45, 7) is 6.39. The zero-order chi connectivity index (χ0) is 21.9. The van der Waals surface area contributed by atoms with Crippen LogP contribution in [0.4, 0.5) is 4.79 Å². The summed E-state index contributed by atoms with van der Waals surface area (Å²) in [4.78, 5) is 27.4. The summed E-state index contributed by atoms with van der Waals surface area (Å²) in [6.07, 6.45) is 4.27. The van der Waals surface area contributed by atoms with Gasteiger partial charge in [-0.25, -0.2) is 4.79 Å². The number of rotatable bonds is 4. The zero-order valence-corrected chi connectivity index (χ0v) is 18.9. The van der Waals surface area contributed by atoms with E-state index in [1.54, 1.807) is 17.0 Å². The fraction of sp³-hybridized carbons (Fsp3) is 0.652. The number of carbonyl (C=O) groups excluding carboxylic acids is 2. The van der Waals surface area contributed by atoms with Gasteiger partial charge < -0.3 is 20.1 Å². The number of hydrogen-bond acceptors (Lipinski definition) is 4. The van der Waals surface area contributed by atoms with Crippen molar-refractivity contribution in [3.05, 3.63) is 34.9 Å². The number of benzene rings is 1. The maximum atomic E-state index is 13.6. The van der Waals surface area contributed by atoms with Crippen LogP contribution in [-0.4, -0.2) is 52.3 Å². The lowest BCUT2D eigenvalue weighted by Crippen LogP contribution is -2.48. The van der Waals surface area contributed by atoms with Crippen molar-refractivity contribution in [3.8, 4) is 0 Å². The minimum absolute atomic E-state index is 0.102. The Labute approximate surface area is 183 Å². The summed E-state index contributed by atoms with van der Waals surface area (Å²) < 4.78 is 5.33. The van der Waals surface area contributed by atoms with Gasteiger partial charge in [0.1, 0.15) is 5.60 Å². The summed E-state index contributed by atoms with van der Waals surface area (Å²) in [5.41, 5.74) is -0.892. The van der Waals surface area contributed by atoms with Crippen molar-refractivity contribution < 1.29 is 19.4 Å². The van der Waals surface area contributed by atoms with E-state index >= 15 is 0 Å². The van der Waals surface area contributed by atoms with E-state index in [4.69, 9.17) is 16.3 Å². The van der Waals surface area contributed by atoms with E-state index in [1.165, 1.54) is 0 Å². The maximum Gasteiger partial charge on any atom is 0.407 e. The van der Waals surface area contributed by atoms with Gasteiger partial charge in [-0.05, 0) is 57.7 Å². The molecule has 2 unspecified atom stereocenters. The monoisotopic (exact) mass is 436 g/mol.